The van der Waals surface area contributed by atoms with Crippen LogP contribution in [0.2, 0.25) is 0 Å². The lowest BCUT2D eigenvalue weighted by atomic mass is 10.1. The Morgan fingerprint density at radius 2 is 2.05 bits per heavy atom. The smallest absolute Gasteiger partial charge is 0.257 e. The minimum Gasteiger partial charge on any atom is -0.398 e. The highest BCUT2D eigenvalue weighted by molar-refractivity contribution is 9.10. The van der Waals surface area contributed by atoms with Crippen molar-refractivity contribution in [3.63, 3.8) is 0 Å². The normalized spacial score (nSPS) is 10.2. The lowest BCUT2D eigenvalue weighted by Crippen LogP contribution is -2.13. The van der Waals surface area contributed by atoms with Gasteiger partial charge in [-0.05, 0) is 42.7 Å². The first-order valence-corrected chi connectivity index (χ1v) is 7.62. The van der Waals surface area contributed by atoms with Crippen LogP contribution >= 0.6 is 27.7 Å². The highest BCUT2D eigenvalue weighted by Crippen LogP contribution is 2.22. The number of thioether (sulfide) groups is 1. The van der Waals surface area contributed by atoms with E-state index in [0.717, 1.165) is 15.1 Å². The highest BCUT2D eigenvalue weighted by Gasteiger charge is 2.10. The van der Waals surface area contributed by atoms with Crippen LogP contribution < -0.4 is 11.1 Å². The van der Waals surface area contributed by atoms with E-state index in [1.807, 2.05) is 30.5 Å². The van der Waals surface area contributed by atoms with Gasteiger partial charge in [-0.1, -0.05) is 22.0 Å². The number of halogens is 1. The van der Waals surface area contributed by atoms with E-state index in [2.05, 4.69) is 21.2 Å². The molecule has 3 nitrogen and oxygen atoms in total. The Labute approximate surface area is 124 Å². The Hall–Kier alpha value is -1.46. The van der Waals surface area contributed by atoms with Crippen LogP contribution in [-0.2, 0) is 0 Å². The molecule has 0 saturated carbocycles. The standard InChI is InChI=1S/C14H13BrN2OS/c1-19-11-4-2-3-10(8-11)17-14(18)12-6-5-9(15)7-13(12)16/h2-8H,16H2,1H3,(H,17,18). The molecule has 0 aliphatic rings. The van der Waals surface area contributed by atoms with Gasteiger partial charge in [0.15, 0.2) is 0 Å². The summed E-state index contributed by atoms with van der Waals surface area (Å²) in [7, 11) is 0. The number of nitrogen functional groups attached to an aromatic ring is 1. The molecule has 2 aromatic carbocycles. The number of nitrogens with two attached hydrogens (primary N) is 1. The van der Waals surface area contributed by atoms with Crippen molar-refractivity contribution < 1.29 is 4.79 Å². The maximum atomic E-state index is 12.1. The summed E-state index contributed by atoms with van der Waals surface area (Å²) in [6.45, 7) is 0. The van der Waals surface area contributed by atoms with Crippen molar-refractivity contribution in [2.75, 3.05) is 17.3 Å². The third-order valence-electron chi connectivity index (χ3n) is 2.59. The first kappa shape index (κ1) is 14.0. The second-order valence-electron chi connectivity index (χ2n) is 3.92. The van der Waals surface area contributed by atoms with E-state index >= 15 is 0 Å². The van der Waals surface area contributed by atoms with Crippen molar-refractivity contribution in [1.29, 1.82) is 0 Å². The Morgan fingerprint density at radius 1 is 1.26 bits per heavy atom. The number of hydrogen-bond donors (Lipinski definition) is 2. The van der Waals surface area contributed by atoms with Gasteiger partial charge in [0.2, 0.25) is 0 Å². The van der Waals surface area contributed by atoms with Crippen LogP contribution in [0.1, 0.15) is 10.4 Å². The SMILES string of the molecule is CSc1cccc(NC(=O)c2ccc(Br)cc2N)c1. The van der Waals surface area contributed by atoms with Gasteiger partial charge >= 0.3 is 0 Å². The molecular formula is C14H13BrN2OS. The Bertz CT molecular complexity index is 616. The van der Waals surface area contributed by atoms with E-state index in [1.165, 1.54) is 0 Å². The maximum absolute atomic E-state index is 12.1. The molecule has 0 unspecified atom stereocenters. The van der Waals surface area contributed by atoms with Crippen molar-refractivity contribution in [2.24, 2.45) is 0 Å². The zero-order valence-electron chi connectivity index (χ0n) is 10.3. The zero-order chi connectivity index (χ0) is 13.8. The third kappa shape index (κ3) is 3.52. The summed E-state index contributed by atoms with van der Waals surface area (Å²) in [6.07, 6.45) is 1.99. The molecule has 3 N–H and O–H groups in total. The topological polar surface area (TPSA) is 55.1 Å². The van der Waals surface area contributed by atoms with Crippen LogP contribution in [0.5, 0.6) is 0 Å². The summed E-state index contributed by atoms with van der Waals surface area (Å²) in [5.41, 5.74) is 7.52. The Morgan fingerprint density at radius 3 is 2.74 bits per heavy atom. The molecule has 0 aromatic heterocycles. The second-order valence-corrected chi connectivity index (χ2v) is 5.71. The zero-order valence-corrected chi connectivity index (χ0v) is 12.7. The quantitative estimate of drug-likeness (QED) is 0.657. The molecule has 0 fully saturated rings. The summed E-state index contributed by atoms with van der Waals surface area (Å²) in [5, 5.41) is 2.85. The summed E-state index contributed by atoms with van der Waals surface area (Å²) in [6, 6.07) is 12.9. The molecule has 5 heteroatoms. The summed E-state index contributed by atoms with van der Waals surface area (Å²) < 4.78 is 0.853. The minimum absolute atomic E-state index is 0.205. The van der Waals surface area contributed by atoms with E-state index in [4.69, 9.17) is 5.73 Å². The van der Waals surface area contributed by atoms with Crippen LogP contribution in [-0.4, -0.2) is 12.2 Å². The molecule has 0 aliphatic heterocycles. The molecule has 0 saturated heterocycles. The van der Waals surface area contributed by atoms with Gasteiger partial charge < -0.3 is 11.1 Å². The van der Waals surface area contributed by atoms with E-state index in [1.54, 1.807) is 30.0 Å². The van der Waals surface area contributed by atoms with Gasteiger partial charge in [-0.2, -0.15) is 0 Å². The number of rotatable bonds is 3. The van der Waals surface area contributed by atoms with Crippen LogP contribution in [0.4, 0.5) is 11.4 Å². The predicted molar refractivity (Wildman–Crippen MR) is 84.7 cm³/mol. The van der Waals surface area contributed by atoms with Gasteiger partial charge in [-0.15, -0.1) is 11.8 Å². The van der Waals surface area contributed by atoms with Crippen molar-refractivity contribution in [2.45, 2.75) is 4.90 Å². The van der Waals surface area contributed by atoms with Gasteiger partial charge in [0.05, 0.1) is 5.56 Å². The Balaban J connectivity index is 2.20. The van der Waals surface area contributed by atoms with E-state index in [9.17, 15) is 4.79 Å². The van der Waals surface area contributed by atoms with Crippen LogP contribution in [0.15, 0.2) is 51.8 Å². The van der Waals surface area contributed by atoms with Crippen LogP contribution in [0.25, 0.3) is 0 Å². The molecule has 0 bridgehead atoms. The molecule has 1 amide bonds. The van der Waals surface area contributed by atoms with Gasteiger partial charge in [0, 0.05) is 20.7 Å². The largest absolute Gasteiger partial charge is 0.398 e. The monoisotopic (exact) mass is 336 g/mol. The van der Waals surface area contributed by atoms with Crippen LogP contribution in [0.3, 0.4) is 0 Å². The number of anilines is 2. The van der Waals surface area contributed by atoms with Gasteiger partial charge in [-0.25, -0.2) is 0 Å². The van der Waals surface area contributed by atoms with Gasteiger partial charge in [0.25, 0.3) is 5.91 Å². The van der Waals surface area contributed by atoms with Gasteiger partial charge in [0.1, 0.15) is 0 Å². The summed E-state index contributed by atoms with van der Waals surface area (Å²) >= 11 is 4.95. The summed E-state index contributed by atoms with van der Waals surface area (Å²) in [4.78, 5) is 13.2. The number of carbonyl (C=O) groups excluding carboxylic acids is 1. The molecule has 0 aliphatic carbocycles. The van der Waals surface area contributed by atoms with E-state index in [-0.39, 0.29) is 5.91 Å². The average molecular weight is 337 g/mol. The third-order valence-corrected chi connectivity index (χ3v) is 3.80. The van der Waals surface area contributed by atoms with E-state index < -0.39 is 0 Å². The van der Waals surface area contributed by atoms with Crippen molar-refractivity contribution in [3.05, 3.63) is 52.5 Å². The fraction of sp³-hybridized carbons (Fsp3) is 0.0714. The minimum atomic E-state index is -0.205. The van der Waals surface area contributed by atoms with Gasteiger partial charge in [-0.3, -0.25) is 4.79 Å². The molecule has 98 valence electrons. The number of hydrogen-bond acceptors (Lipinski definition) is 3. The molecule has 2 aromatic rings. The van der Waals surface area contributed by atoms with Crippen LogP contribution in [0, 0.1) is 0 Å². The number of nitrogens with one attached hydrogen (secondary N) is 1. The summed E-state index contributed by atoms with van der Waals surface area (Å²) in [5.74, 6) is -0.205. The Kier molecular flexibility index (Phi) is 4.50. The van der Waals surface area contributed by atoms with Crippen molar-refractivity contribution >= 4 is 45.0 Å². The lowest BCUT2D eigenvalue weighted by molar-refractivity contribution is 0.102. The molecule has 2 rings (SSSR count). The fourth-order valence-electron chi connectivity index (χ4n) is 1.64. The highest BCUT2D eigenvalue weighted by atomic mass is 79.9. The first-order valence-electron chi connectivity index (χ1n) is 5.60. The average Bonchev–Trinajstić information content (AvgIpc) is 2.38. The molecule has 0 heterocycles. The molecule has 0 radical (unpaired) electrons. The fourth-order valence-corrected chi connectivity index (χ4v) is 2.48. The molecular weight excluding hydrogens is 324 g/mol. The lowest BCUT2D eigenvalue weighted by Gasteiger charge is -2.08. The predicted octanol–water partition coefficient (Wildman–Crippen LogP) is 4.01. The number of benzene rings is 2. The maximum Gasteiger partial charge on any atom is 0.257 e. The number of carbonyl (C=O) groups is 1. The van der Waals surface area contributed by atoms with E-state index in [0.29, 0.717) is 11.3 Å². The first-order chi connectivity index (χ1) is 9.10. The molecule has 0 spiro atoms. The number of amides is 1. The molecule has 19 heavy (non-hydrogen) atoms. The second kappa shape index (κ2) is 6.12. The van der Waals surface area contributed by atoms with Crippen molar-refractivity contribution in [1.82, 2.24) is 0 Å². The molecule has 0 atom stereocenters. The van der Waals surface area contributed by atoms with Crippen molar-refractivity contribution in [3.8, 4) is 0 Å².